The standard InChI is InChI=1S/C11H14BrNO4S/c1-8(11(14)15)18(16,17)13(2)7-9-5-3-4-6-10(9)12/h3-6,8H,7H2,1-2H3,(H,14,15). The van der Waals surface area contributed by atoms with Gasteiger partial charge in [0.2, 0.25) is 10.0 Å². The van der Waals surface area contributed by atoms with Crippen molar-refractivity contribution in [3.8, 4) is 0 Å². The minimum atomic E-state index is -3.84. The molecular formula is C11H14BrNO4S. The molecule has 0 aliphatic carbocycles. The van der Waals surface area contributed by atoms with Crippen molar-refractivity contribution in [2.24, 2.45) is 0 Å². The predicted octanol–water partition coefficient (Wildman–Crippen LogP) is 1.68. The van der Waals surface area contributed by atoms with Crippen LogP contribution in [0, 0.1) is 0 Å². The van der Waals surface area contributed by atoms with Crippen molar-refractivity contribution in [1.82, 2.24) is 4.31 Å². The first-order chi connectivity index (χ1) is 8.26. The average Bonchev–Trinajstić information content (AvgIpc) is 2.30. The number of hydrogen-bond acceptors (Lipinski definition) is 3. The quantitative estimate of drug-likeness (QED) is 0.888. The number of rotatable bonds is 5. The summed E-state index contributed by atoms with van der Waals surface area (Å²) in [4.78, 5) is 10.8. The van der Waals surface area contributed by atoms with Crippen molar-refractivity contribution in [3.63, 3.8) is 0 Å². The van der Waals surface area contributed by atoms with Crippen molar-refractivity contribution in [3.05, 3.63) is 34.3 Å². The van der Waals surface area contributed by atoms with Gasteiger partial charge in [-0.2, -0.15) is 4.31 Å². The summed E-state index contributed by atoms with van der Waals surface area (Å²) >= 11 is 3.32. The fourth-order valence-corrected chi connectivity index (χ4v) is 2.88. The molecule has 0 aliphatic heterocycles. The first-order valence-electron chi connectivity index (χ1n) is 5.18. The highest BCUT2D eigenvalue weighted by molar-refractivity contribution is 9.10. The zero-order chi connectivity index (χ0) is 13.9. The smallest absolute Gasteiger partial charge is 0.323 e. The van der Waals surface area contributed by atoms with E-state index in [-0.39, 0.29) is 6.54 Å². The number of nitrogens with zero attached hydrogens (tertiary/aromatic N) is 1. The topological polar surface area (TPSA) is 74.7 Å². The fourth-order valence-electron chi connectivity index (χ4n) is 1.35. The summed E-state index contributed by atoms with van der Waals surface area (Å²) in [5, 5.41) is 7.32. The molecule has 0 radical (unpaired) electrons. The number of benzene rings is 1. The van der Waals surface area contributed by atoms with Gasteiger partial charge in [0.15, 0.2) is 5.25 Å². The Balaban J connectivity index is 2.93. The lowest BCUT2D eigenvalue weighted by molar-refractivity contribution is -0.136. The highest BCUT2D eigenvalue weighted by atomic mass is 79.9. The molecule has 0 aromatic heterocycles. The van der Waals surface area contributed by atoms with Gasteiger partial charge in [0.1, 0.15) is 0 Å². The van der Waals surface area contributed by atoms with E-state index in [1.165, 1.54) is 7.05 Å². The van der Waals surface area contributed by atoms with Crippen LogP contribution < -0.4 is 0 Å². The lowest BCUT2D eigenvalue weighted by atomic mass is 10.2. The molecular weight excluding hydrogens is 322 g/mol. The van der Waals surface area contributed by atoms with Gasteiger partial charge in [-0.25, -0.2) is 8.42 Å². The van der Waals surface area contributed by atoms with E-state index in [1.54, 1.807) is 18.2 Å². The Morgan fingerprint density at radius 1 is 1.44 bits per heavy atom. The molecule has 0 amide bonds. The van der Waals surface area contributed by atoms with Gasteiger partial charge in [-0.05, 0) is 18.6 Å². The summed E-state index contributed by atoms with van der Waals surface area (Å²) < 4.78 is 25.7. The van der Waals surface area contributed by atoms with Gasteiger partial charge < -0.3 is 5.11 Å². The minimum absolute atomic E-state index is 0.126. The molecule has 18 heavy (non-hydrogen) atoms. The normalized spacial score (nSPS) is 13.6. The van der Waals surface area contributed by atoms with Gasteiger partial charge >= 0.3 is 5.97 Å². The van der Waals surface area contributed by atoms with Crippen LogP contribution in [0.3, 0.4) is 0 Å². The van der Waals surface area contributed by atoms with Crippen LogP contribution in [-0.2, 0) is 21.4 Å². The summed E-state index contributed by atoms with van der Waals surface area (Å²) in [7, 11) is -2.47. The van der Waals surface area contributed by atoms with E-state index >= 15 is 0 Å². The van der Waals surface area contributed by atoms with E-state index in [4.69, 9.17) is 5.11 Å². The SMILES string of the molecule is CC(C(=O)O)S(=O)(=O)N(C)Cc1ccccc1Br. The van der Waals surface area contributed by atoms with Crippen LogP contribution in [-0.4, -0.2) is 36.1 Å². The van der Waals surface area contributed by atoms with Gasteiger partial charge in [-0.3, -0.25) is 4.79 Å². The van der Waals surface area contributed by atoms with Crippen LogP contribution >= 0.6 is 15.9 Å². The van der Waals surface area contributed by atoms with Gasteiger partial charge in [0.25, 0.3) is 0 Å². The Hall–Kier alpha value is -0.920. The molecule has 1 rings (SSSR count). The zero-order valence-electron chi connectivity index (χ0n) is 10.00. The third-order valence-corrected chi connectivity index (χ3v) is 5.45. The van der Waals surface area contributed by atoms with Crippen molar-refractivity contribution in [2.45, 2.75) is 18.7 Å². The molecule has 0 saturated heterocycles. The molecule has 100 valence electrons. The number of carboxylic acid groups (broad SMARTS) is 1. The summed E-state index contributed by atoms with van der Waals surface area (Å²) in [6.07, 6.45) is 0. The van der Waals surface area contributed by atoms with Crippen LogP contribution in [0.4, 0.5) is 0 Å². The molecule has 0 aliphatic rings. The fraction of sp³-hybridized carbons (Fsp3) is 0.364. The second-order valence-electron chi connectivity index (χ2n) is 3.87. The third kappa shape index (κ3) is 3.30. The number of carboxylic acids is 1. The van der Waals surface area contributed by atoms with Crippen LogP contribution in [0.5, 0.6) is 0 Å². The molecule has 1 atom stereocenters. The van der Waals surface area contributed by atoms with Gasteiger partial charge in [-0.15, -0.1) is 0 Å². The average molecular weight is 336 g/mol. The van der Waals surface area contributed by atoms with Crippen LogP contribution in [0.25, 0.3) is 0 Å². The van der Waals surface area contributed by atoms with Crippen molar-refractivity contribution < 1.29 is 18.3 Å². The first kappa shape index (κ1) is 15.1. The maximum atomic E-state index is 11.9. The van der Waals surface area contributed by atoms with Gasteiger partial charge in [0.05, 0.1) is 0 Å². The molecule has 7 heteroatoms. The second kappa shape index (κ2) is 5.81. The molecule has 1 aromatic carbocycles. The molecule has 5 nitrogen and oxygen atoms in total. The van der Waals surface area contributed by atoms with E-state index < -0.39 is 21.2 Å². The summed E-state index contributed by atoms with van der Waals surface area (Å²) in [5.74, 6) is -1.35. The van der Waals surface area contributed by atoms with E-state index in [0.29, 0.717) is 0 Å². The number of sulfonamides is 1. The molecule has 0 heterocycles. The third-order valence-electron chi connectivity index (χ3n) is 2.58. The Labute approximate surface area is 115 Å². The summed E-state index contributed by atoms with van der Waals surface area (Å²) in [6, 6.07) is 7.20. The molecule has 0 saturated carbocycles. The summed E-state index contributed by atoms with van der Waals surface area (Å²) in [6.45, 7) is 1.29. The zero-order valence-corrected chi connectivity index (χ0v) is 12.4. The highest BCUT2D eigenvalue weighted by Crippen LogP contribution is 2.19. The van der Waals surface area contributed by atoms with E-state index in [2.05, 4.69) is 15.9 Å². The summed E-state index contributed by atoms with van der Waals surface area (Å²) in [5.41, 5.74) is 0.779. The van der Waals surface area contributed by atoms with E-state index in [1.807, 2.05) is 6.07 Å². The Kier molecular flexibility index (Phi) is 4.89. The number of halogens is 1. The largest absolute Gasteiger partial charge is 0.480 e. The number of carbonyl (C=O) groups is 1. The predicted molar refractivity (Wildman–Crippen MR) is 71.6 cm³/mol. The first-order valence-corrected chi connectivity index (χ1v) is 7.47. The second-order valence-corrected chi connectivity index (χ2v) is 7.09. The molecule has 0 bridgehead atoms. The maximum Gasteiger partial charge on any atom is 0.323 e. The monoisotopic (exact) mass is 335 g/mol. The van der Waals surface area contributed by atoms with Gasteiger partial charge in [-0.1, -0.05) is 34.1 Å². The maximum absolute atomic E-state index is 11.9. The molecule has 0 spiro atoms. The Morgan fingerprint density at radius 3 is 2.50 bits per heavy atom. The van der Waals surface area contributed by atoms with Crippen LogP contribution in [0.1, 0.15) is 12.5 Å². The van der Waals surface area contributed by atoms with Crippen LogP contribution in [0.15, 0.2) is 28.7 Å². The lowest BCUT2D eigenvalue weighted by Gasteiger charge is -2.20. The molecule has 1 aromatic rings. The highest BCUT2D eigenvalue weighted by Gasteiger charge is 2.31. The van der Waals surface area contributed by atoms with E-state index in [9.17, 15) is 13.2 Å². The van der Waals surface area contributed by atoms with Crippen molar-refractivity contribution in [1.29, 1.82) is 0 Å². The molecule has 0 fully saturated rings. The number of aliphatic carboxylic acids is 1. The van der Waals surface area contributed by atoms with Crippen molar-refractivity contribution >= 4 is 31.9 Å². The molecule has 1 N–H and O–H groups in total. The number of hydrogen-bond donors (Lipinski definition) is 1. The van der Waals surface area contributed by atoms with Gasteiger partial charge in [0, 0.05) is 18.1 Å². The lowest BCUT2D eigenvalue weighted by Crippen LogP contribution is -2.38. The van der Waals surface area contributed by atoms with Crippen molar-refractivity contribution in [2.75, 3.05) is 7.05 Å². The minimum Gasteiger partial charge on any atom is -0.480 e. The van der Waals surface area contributed by atoms with E-state index in [0.717, 1.165) is 21.3 Å². The molecule has 1 unspecified atom stereocenters. The Bertz CT molecular complexity index is 544. The Morgan fingerprint density at radius 2 is 2.00 bits per heavy atom. The van der Waals surface area contributed by atoms with Crippen LogP contribution in [0.2, 0.25) is 0 Å².